The standard InChI is InChI=1S/C11H23NS2/c1-2-3-4-5-6-10(12)11-9-13-7-8-14-11/h10-11H,2-9,12H2,1H3. The van der Waals surface area contributed by atoms with Crippen LogP contribution in [0.1, 0.15) is 39.0 Å². The second-order valence-electron chi connectivity index (χ2n) is 4.00. The van der Waals surface area contributed by atoms with Gasteiger partial charge < -0.3 is 5.73 Å². The van der Waals surface area contributed by atoms with Crippen LogP contribution in [0.2, 0.25) is 0 Å². The zero-order valence-electron chi connectivity index (χ0n) is 9.21. The Bertz CT molecular complexity index is 135. The molecule has 1 saturated heterocycles. The highest BCUT2D eigenvalue weighted by Gasteiger charge is 2.20. The van der Waals surface area contributed by atoms with Gasteiger partial charge in [-0.3, -0.25) is 0 Å². The summed E-state index contributed by atoms with van der Waals surface area (Å²) in [5.41, 5.74) is 6.20. The van der Waals surface area contributed by atoms with Crippen molar-refractivity contribution in [3.05, 3.63) is 0 Å². The van der Waals surface area contributed by atoms with Gasteiger partial charge in [-0.1, -0.05) is 32.6 Å². The molecule has 1 nitrogen and oxygen atoms in total. The number of unbranched alkanes of at least 4 members (excludes halogenated alkanes) is 3. The maximum atomic E-state index is 6.20. The van der Waals surface area contributed by atoms with E-state index in [1.807, 2.05) is 0 Å². The minimum absolute atomic E-state index is 0.449. The quantitative estimate of drug-likeness (QED) is 0.714. The summed E-state index contributed by atoms with van der Waals surface area (Å²) in [5.74, 6) is 3.90. The molecule has 1 heterocycles. The number of rotatable bonds is 6. The molecule has 2 N–H and O–H groups in total. The number of nitrogens with two attached hydrogens (primary N) is 1. The molecular weight excluding hydrogens is 210 g/mol. The molecule has 0 radical (unpaired) electrons. The fourth-order valence-corrected chi connectivity index (χ4v) is 4.61. The van der Waals surface area contributed by atoms with Crippen LogP contribution in [-0.2, 0) is 0 Å². The van der Waals surface area contributed by atoms with E-state index in [-0.39, 0.29) is 0 Å². The van der Waals surface area contributed by atoms with E-state index < -0.39 is 0 Å². The van der Waals surface area contributed by atoms with Gasteiger partial charge in [0, 0.05) is 28.6 Å². The van der Waals surface area contributed by atoms with Crippen molar-refractivity contribution in [3.63, 3.8) is 0 Å². The number of hydrogen-bond acceptors (Lipinski definition) is 3. The molecule has 0 aromatic heterocycles. The van der Waals surface area contributed by atoms with Gasteiger partial charge in [0.15, 0.2) is 0 Å². The Kier molecular flexibility index (Phi) is 7.17. The Labute approximate surface area is 97.0 Å². The van der Waals surface area contributed by atoms with E-state index in [4.69, 9.17) is 5.73 Å². The summed E-state index contributed by atoms with van der Waals surface area (Å²) in [5, 5.41) is 0.732. The van der Waals surface area contributed by atoms with Crippen molar-refractivity contribution in [2.24, 2.45) is 5.73 Å². The van der Waals surface area contributed by atoms with Crippen LogP contribution in [0, 0.1) is 0 Å². The van der Waals surface area contributed by atoms with Gasteiger partial charge in [-0.2, -0.15) is 23.5 Å². The van der Waals surface area contributed by atoms with E-state index in [0.717, 1.165) is 5.25 Å². The van der Waals surface area contributed by atoms with Crippen LogP contribution in [0.3, 0.4) is 0 Å². The van der Waals surface area contributed by atoms with Crippen LogP contribution in [0.15, 0.2) is 0 Å². The van der Waals surface area contributed by atoms with Gasteiger partial charge in [0.25, 0.3) is 0 Å². The highest BCUT2D eigenvalue weighted by molar-refractivity contribution is 8.06. The van der Waals surface area contributed by atoms with Crippen LogP contribution in [-0.4, -0.2) is 28.6 Å². The minimum atomic E-state index is 0.449. The summed E-state index contributed by atoms with van der Waals surface area (Å²) in [6.45, 7) is 2.26. The summed E-state index contributed by atoms with van der Waals surface area (Å²) in [6.07, 6.45) is 6.63. The molecule has 0 amide bonds. The third kappa shape index (κ3) is 4.94. The number of hydrogen-bond donors (Lipinski definition) is 1. The average molecular weight is 233 g/mol. The molecule has 0 aliphatic carbocycles. The fraction of sp³-hybridized carbons (Fsp3) is 1.00. The summed E-state index contributed by atoms with van der Waals surface area (Å²) in [4.78, 5) is 0. The van der Waals surface area contributed by atoms with E-state index >= 15 is 0 Å². The lowest BCUT2D eigenvalue weighted by atomic mass is 10.1. The smallest absolute Gasteiger partial charge is 0.0289 e. The molecule has 2 unspecified atom stereocenters. The van der Waals surface area contributed by atoms with E-state index in [9.17, 15) is 0 Å². The maximum Gasteiger partial charge on any atom is 0.0289 e. The fourth-order valence-electron chi connectivity index (χ4n) is 1.75. The first-order valence-electron chi connectivity index (χ1n) is 5.79. The Morgan fingerprint density at radius 1 is 1.29 bits per heavy atom. The molecule has 0 aromatic rings. The second kappa shape index (κ2) is 7.89. The van der Waals surface area contributed by atoms with Gasteiger partial charge in [-0.25, -0.2) is 0 Å². The Balaban J connectivity index is 2.04. The molecule has 2 atom stereocenters. The third-order valence-electron chi connectivity index (χ3n) is 2.71. The molecule has 0 saturated carbocycles. The lowest BCUT2D eigenvalue weighted by Gasteiger charge is -2.26. The summed E-state index contributed by atoms with van der Waals surface area (Å²) in [6, 6.07) is 0.449. The zero-order valence-corrected chi connectivity index (χ0v) is 10.8. The normalized spacial score (nSPS) is 24.9. The SMILES string of the molecule is CCCCCCC(N)C1CSCCS1. The van der Waals surface area contributed by atoms with Crippen molar-refractivity contribution in [1.82, 2.24) is 0 Å². The van der Waals surface area contributed by atoms with E-state index in [2.05, 4.69) is 30.4 Å². The van der Waals surface area contributed by atoms with Crippen molar-refractivity contribution in [1.29, 1.82) is 0 Å². The summed E-state index contributed by atoms with van der Waals surface area (Å²) < 4.78 is 0. The molecule has 84 valence electrons. The Morgan fingerprint density at radius 2 is 2.14 bits per heavy atom. The van der Waals surface area contributed by atoms with Crippen molar-refractivity contribution >= 4 is 23.5 Å². The summed E-state index contributed by atoms with van der Waals surface area (Å²) in [7, 11) is 0. The second-order valence-corrected chi connectivity index (χ2v) is 6.49. The Hall–Kier alpha value is 0.660. The lowest BCUT2D eigenvalue weighted by molar-refractivity contribution is 0.546. The third-order valence-corrected chi connectivity index (χ3v) is 5.65. The number of thioether (sulfide) groups is 2. The highest BCUT2D eigenvalue weighted by atomic mass is 32.2. The van der Waals surface area contributed by atoms with Crippen LogP contribution >= 0.6 is 23.5 Å². The molecule has 0 spiro atoms. The lowest BCUT2D eigenvalue weighted by Crippen LogP contribution is -2.36. The van der Waals surface area contributed by atoms with Crippen LogP contribution < -0.4 is 5.73 Å². The first-order chi connectivity index (χ1) is 6.84. The van der Waals surface area contributed by atoms with Crippen molar-refractivity contribution in [2.75, 3.05) is 17.3 Å². The van der Waals surface area contributed by atoms with E-state index in [0.29, 0.717) is 6.04 Å². The molecule has 3 heteroatoms. The topological polar surface area (TPSA) is 26.0 Å². The Morgan fingerprint density at radius 3 is 2.79 bits per heavy atom. The molecule has 0 aromatic carbocycles. The van der Waals surface area contributed by atoms with Crippen molar-refractivity contribution < 1.29 is 0 Å². The molecular formula is C11H23NS2. The molecule has 1 aliphatic heterocycles. The molecule has 1 fully saturated rings. The van der Waals surface area contributed by atoms with E-state index in [1.54, 1.807) is 0 Å². The predicted molar refractivity (Wildman–Crippen MR) is 70.3 cm³/mol. The molecule has 0 bridgehead atoms. The molecule has 1 aliphatic rings. The van der Waals surface area contributed by atoms with Gasteiger partial charge in [0.1, 0.15) is 0 Å². The first-order valence-corrected chi connectivity index (χ1v) is 8.00. The average Bonchev–Trinajstić information content (AvgIpc) is 2.25. The van der Waals surface area contributed by atoms with Gasteiger partial charge >= 0.3 is 0 Å². The monoisotopic (exact) mass is 233 g/mol. The summed E-state index contributed by atoms with van der Waals surface area (Å²) >= 11 is 4.16. The largest absolute Gasteiger partial charge is 0.327 e. The van der Waals surface area contributed by atoms with E-state index in [1.165, 1.54) is 49.4 Å². The van der Waals surface area contributed by atoms with Gasteiger partial charge in [-0.05, 0) is 6.42 Å². The molecule has 1 rings (SSSR count). The van der Waals surface area contributed by atoms with Crippen LogP contribution in [0.5, 0.6) is 0 Å². The van der Waals surface area contributed by atoms with Gasteiger partial charge in [-0.15, -0.1) is 0 Å². The minimum Gasteiger partial charge on any atom is -0.327 e. The van der Waals surface area contributed by atoms with Crippen LogP contribution in [0.4, 0.5) is 0 Å². The van der Waals surface area contributed by atoms with Gasteiger partial charge in [0.05, 0.1) is 0 Å². The van der Waals surface area contributed by atoms with Gasteiger partial charge in [0.2, 0.25) is 0 Å². The maximum absolute atomic E-state index is 6.20. The highest BCUT2D eigenvalue weighted by Crippen LogP contribution is 2.27. The molecule has 14 heavy (non-hydrogen) atoms. The van der Waals surface area contributed by atoms with Crippen molar-refractivity contribution in [3.8, 4) is 0 Å². The van der Waals surface area contributed by atoms with Crippen molar-refractivity contribution in [2.45, 2.75) is 50.3 Å². The van der Waals surface area contributed by atoms with Crippen LogP contribution in [0.25, 0.3) is 0 Å². The predicted octanol–water partition coefficient (Wildman–Crippen LogP) is 3.13. The zero-order chi connectivity index (χ0) is 10.2. The first kappa shape index (κ1) is 12.7.